The van der Waals surface area contributed by atoms with E-state index in [4.69, 9.17) is 15.7 Å². The second kappa shape index (κ2) is 13.8. The fraction of sp³-hybridized carbons (Fsp3) is 0.306. The third kappa shape index (κ3) is 6.65. The van der Waals surface area contributed by atoms with Crippen molar-refractivity contribution >= 4 is 22.2 Å². The molecule has 4 N–H and O–H groups in total. The number of pyridine rings is 1. The van der Waals surface area contributed by atoms with Crippen molar-refractivity contribution in [3.8, 4) is 11.5 Å². The molecule has 0 saturated carbocycles. The summed E-state index contributed by atoms with van der Waals surface area (Å²) in [6.07, 6.45) is 13.5. The number of aromatic nitrogens is 5. The number of nitrogens with two attached hydrogens (primary N) is 1. The van der Waals surface area contributed by atoms with E-state index in [1.807, 2.05) is 44.2 Å². The minimum Gasteiger partial charge on any atom is -0.399 e. The SMILES string of the molecule is C=C/C=C(/c1cc(F)cc(C(CC)CCN2CCCC2)c1)c1nc(-c2n[nH]c3ccc(C(/C=C(/N)C=C)=C/C)nc23)[nH]c1C. The summed E-state index contributed by atoms with van der Waals surface area (Å²) in [5.41, 5.74) is 14.4. The largest absolute Gasteiger partial charge is 0.399 e. The van der Waals surface area contributed by atoms with Crippen LogP contribution in [0.15, 0.2) is 79.6 Å². The number of nitrogens with zero attached hydrogens (tertiary/aromatic N) is 4. The third-order valence-corrected chi connectivity index (χ3v) is 8.41. The molecule has 228 valence electrons. The maximum absolute atomic E-state index is 15.2. The van der Waals surface area contributed by atoms with E-state index in [0.29, 0.717) is 28.4 Å². The number of hydrogen-bond donors (Lipinski definition) is 3. The van der Waals surface area contributed by atoms with Gasteiger partial charge in [0.05, 0.1) is 16.9 Å². The van der Waals surface area contributed by atoms with Crippen molar-refractivity contribution < 1.29 is 4.39 Å². The summed E-state index contributed by atoms with van der Waals surface area (Å²) in [4.78, 5) is 15.8. The van der Waals surface area contributed by atoms with Crippen LogP contribution in [0.4, 0.5) is 4.39 Å². The highest BCUT2D eigenvalue weighted by molar-refractivity contribution is 5.90. The van der Waals surface area contributed by atoms with Gasteiger partial charge in [0.1, 0.15) is 11.3 Å². The lowest BCUT2D eigenvalue weighted by Crippen LogP contribution is -2.22. The number of aromatic amines is 2. The summed E-state index contributed by atoms with van der Waals surface area (Å²) >= 11 is 0. The number of likely N-dealkylation sites (tertiary alicyclic amines) is 1. The molecule has 7 nitrogen and oxygen atoms in total. The quantitative estimate of drug-likeness (QED) is 0.146. The Morgan fingerprint density at radius 2 is 1.95 bits per heavy atom. The zero-order chi connectivity index (χ0) is 31.2. The topological polar surface area (TPSA) is 99.5 Å². The number of H-pyrrole nitrogens is 2. The second-order valence-corrected chi connectivity index (χ2v) is 11.3. The lowest BCUT2D eigenvalue weighted by molar-refractivity contribution is 0.319. The Labute approximate surface area is 259 Å². The van der Waals surface area contributed by atoms with Crippen molar-refractivity contribution in [1.82, 2.24) is 30.0 Å². The molecule has 4 aromatic rings. The van der Waals surface area contributed by atoms with Crippen molar-refractivity contribution in [3.05, 3.63) is 114 Å². The average molecular weight is 592 g/mol. The number of aryl methyl sites for hydroxylation is 1. The number of nitrogens with one attached hydrogen (secondary N) is 2. The molecule has 1 aliphatic rings. The van der Waals surface area contributed by atoms with Gasteiger partial charge in [-0.05, 0) is 118 Å². The monoisotopic (exact) mass is 591 g/mol. The summed E-state index contributed by atoms with van der Waals surface area (Å²) in [5, 5.41) is 7.63. The lowest BCUT2D eigenvalue weighted by atomic mass is 9.89. The summed E-state index contributed by atoms with van der Waals surface area (Å²) in [7, 11) is 0. The van der Waals surface area contributed by atoms with E-state index >= 15 is 4.39 Å². The Kier molecular flexibility index (Phi) is 9.70. The predicted molar refractivity (Wildman–Crippen MR) is 179 cm³/mol. The molecular weight excluding hydrogens is 549 g/mol. The Morgan fingerprint density at radius 3 is 2.66 bits per heavy atom. The highest BCUT2D eigenvalue weighted by Gasteiger charge is 2.21. The van der Waals surface area contributed by atoms with Crippen LogP contribution < -0.4 is 5.73 Å². The molecule has 0 radical (unpaired) electrons. The van der Waals surface area contributed by atoms with E-state index in [0.717, 1.165) is 71.7 Å². The zero-order valence-electron chi connectivity index (χ0n) is 26.0. The number of benzene rings is 1. The second-order valence-electron chi connectivity index (χ2n) is 11.3. The van der Waals surface area contributed by atoms with E-state index < -0.39 is 0 Å². The number of halogens is 1. The molecule has 44 heavy (non-hydrogen) atoms. The summed E-state index contributed by atoms with van der Waals surface area (Å²) in [6, 6.07) is 9.25. The molecule has 1 unspecified atom stereocenters. The van der Waals surface area contributed by atoms with Crippen molar-refractivity contribution in [2.75, 3.05) is 19.6 Å². The number of fused-ring (bicyclic) bond motifs is 1. The van der Waals surface area contributed by atoms with Crippen LogP contribution in [0.25, 0.3) is 33.7 Å². The molecule has 1 aliphatic heterocycles. The third-order valence-electron chi connectivity index (χ3n) is 8.41. The van der Waals surface area contributed by atoms with Gasteiger partial charge in [0.25, 0.3) is 0 Å². The molecule has 0 amide bonds. The Bertz CT molecular complexity index is 1750. The smallest absolute Gasteiger partial charge is 0.161 e. The fourth-order valence-corrected chi connectivity index (χ4v) is 5.99. The highest BCUT2D eigenvalue weighted by atomic mass is 19.1. The maximum Gasteiger partial charge on any atom is 0.161 e. The van der Waals surface area contributed by atoms with E-state index in [1.165, 1.54) is 12.8 Å². The number of allylic oxidation sites excluding steroid dienone is 6. The molecule has 3 aromatic heterocycles. The van der Waals surface area contributed by atoms with E-state index in [1.54, 1.807) is 24.3 Å². The molecule has 1 fully saturated rings. The van der Waals surface area contributed by atoms with Gasteiger partial charge in [0, 0.05) is 17.0 Å². The first-order valence-corrected chi connectivity index (χ1v) is 15.4. The molecule has 8 heteroatoms. The molecule has 1 atom stereocenters. The predicted octanol–water partition coefficient (Wildman–Crippen LogP) is 7.82. The fourth-order valence-electron chi connectivity index (χ4n) is 5.99. The van der Waals surface area contributed by atoms with Gasteiger partial charge in [-0.2, -0.15) is 5.10 Å². The van der Waals surface area contributed by atoms with Crippen LogP contribution in [0.1, 0.15) is 73.7 Å². The molecule has 0 bridgehead atoms. The molecular formula is C36H42FN7. The van der Waals surface area contributed by atoms with Gasteiger partial charge in [0.15, 0.2) is 11.5 Å². The van der Waals surface area contributed by atoms with Crippen molar-refractivity contribution in [1.29, 1.82) is 0 Å². The average Bonchev–Trinajstić information content (AvgIpc) is 3.78. The summed E-state index contributed by atoms with van der Waals surface area (Å²) in [6.45, 7) is 17.1. The van der Waals surface area contributed by atoms with Gasteiger partial charge in [-0.3, -0.25) is 5.10 Å². The van der Waals surface area contributed by atoms with Gasteiger partial charge >= 0.3 is 0 Å². The Hall–Kier alpha value is -4.56. The van der Waals surface area contributed by atoms with Crippen LogP contribution in [0.2, 0.25) is 0 Å². The van der Waals surface area contributed by atoms with Crippen molar-refractivity contribution in [3.63, 3.8) is 0 Å². The number of rotatable bonds is 12. The van der Waals surface area contributed by atoms with Crippen LogP contribution >= 0.6 is 0 Å². The van der Waals surface area contributed by atoms with Crippen LogP contribution in [-0.2, 0) is 0 Å². The molecule has 5 rings (SSSR count). The lowest BCUT2D eigenvalue weighted by Gasteiger charge is -2.21. The zero-order valence-corrected chi connectivity index (χ0v) is 26.0. The van der Waals surface area contributed by atoms with Gasteiger partial charge in [-0.25, -0.2) is 14.4 Å². The Morgan fingerprint density at radius 1 is 1.16 bits per heavy atom. The van der Waals surface area contributed by atoms with E-state index in [9.17, 15) is 0 Å². The van der Waals surface area contributed by atoms with Crippen LogP contribution in [-0.4, -0.2) is 49.7 Å². The summed E-state index contributed by atoms with van der Waals surface area (Å²) in [5.74, 6) is 0.599. The standard InChI is InChI=1S/C36H42FN7/c1-6-12-30(27-19-26(20-28(37)21-27)24(7-2)15-18-44-16-10-11-17-44)33-23(5)39-36(41-33)35-34-32(42-43-35)14-13-31(40-34)25(8-3)22-29(38)9-4/h6,8-9,12-14,19-22,24H,1,4,7,10-11,15-18,38H2,2-3,5H3,(H,39,41)(H,42,43)/b25-8+,29-22+,30-12-. The van der Waals surface area contributed by atoms with Gasteiger partial charge in [-0.15, -0.1) is 0 Å². The van der Waals surface area contributed by atoms with Gasteiger partial charge < -0.3 is 15.6 Å². The maximum atomic E-state index is 15.2. The minimum atomic E-state index is -0.249. The molecule has 1 saturated heterocycles. The normalized spacial score (nSPS) is 15.7. The Balaban J connectivity index is 1.50. The van der Waals surface area contributed by atoms with E-state index in [-0.39, 0.29) is 11.7 Å². The van der Waals surface area contributed by atoms with Gasteiger partial charge in [-0.1, -0.05) is 44.4 Å². The number of imidazole rings is 1. The first-order chi connectivity index (χ1) is 21.3. The minimum absolute atomic E-state index is 0.249. The molecule has 1 aromatic carbocycles. The molecule has 0 spiro atoms. The summed E-state index contributed by atoms with van der Waals surface area (Å²) < 4.78 is 15.2. The molecule has 4 heterocycles. The van der Waals surface area contributed by atoms with Crippen LogP contribution in [0.3, 0.4) is 0 Å². The van der Waals surface area contributed by atoms with E-state index in [2.05, 4.69) is 46.2 Å². The van der Waals surface area contributed by atoms with Crippen molar-refractivity contribution in [2.45, 2.75) is 52.4 Å². The van der Waals surface area contributed by atoms with Crippen molar-refractivity contribution in [2.24, 2.45) is 5.73 Å². The highest BCUT2D eigenvalue weighted by Crippen LogP contribution is 2.33. The molecule has 0 aliphatic carbocycles. The number of hydrogen-bond acceptors (Lipinski definition) is 5. The first-order valence-electron chi connectivity index (χ1n) is 15.4. The first kappa shape index (κ1) is 30.9. The van der Waals surface area contributed by atoms with Crippen LogP contribution in [0, 0.1) is 12.7 Å². The van der Waals surface area contributed by atoms with Crippen LogP contribution in [0.5, 0.6) is 0 Å². The van der Waals surface area contributed by atoms with Gasteiger partial charge in [0.2, 0.25) is 0 Å².